The number of rotatable bonds is 2. The summed E-state index contributed by atoms with van der Waals surface area (Å²) >= 11 is 0. The maximum absolute atomic E-state index is 6.06. The molecule has 5 heteroatoms. The Morgan fingerprint density at radius 2 is 2.06 bits per heavy atom. The molecule has 1 unspecified atom stereocenters. The van der Waals surface area contributed by atoms with E-state index in [1.54, 1.807) is 10.9 Å². The van der Waals surface area contributed by atoms with E-state index in [-0.39, 0.29) is 18.3 Å². The minimum Gasteiger partial charge on any atom is -0.398 e. The minimum absolute atomic E-state index is 0.248. The Bertz CT molecular complexity index is 391. The molecule has 1 atom stereocenters. The van der Waals surface area contributed by atoms with Crippen molar-refractivity contribution in [1.29, 1.82) is 0 Å². The fourth-order valence-corrected chi connectivity index (χ4v) is 2.04. The molecule has 1 fully saturated rings. The Labute approximate surface area is 97.1 Å². The highest BCUT2D eigenvalue weighted by atomic mass is 16.7. The van der Waals surface area contributed by atoms with E-state index in [0.29, 0.717) is 0 Å². The molecule has 0 N–H and O–H groups in total. The van der Waals surface area contributed by atoms with Gasteiger partial charge in [0, 0.05) is 13.2 Å². The third-order valence-corrected chi connectivity index (χ3v) is 3.82. The standard InChI is InChI=1S/C11H19BN2O2/c1-6-11(4)10(2,3)15-12(16-11)9-7-8-13-14(9)5/h7-8H,6H2,1-5H3. The molecule has 1 aromatic rings. The first-order valence-corrected chi connectivity index (χ1v) is 5.73. The highest BCUT2D eigenvalue weighted by Crippen LogP contribution is 2.39. The summed E-state index contributed by atoms with van der Waals surface area (Å²) in [5.41, 5.74) is 0.434. The van der Waals surface area contributed by atoms with E-state index in [0.717, 1.165) is 12.0 Å². The summed E-state index contributed by atoms with van der Waals surface area (Å²) in [5.74, 6) is 0. The van der Waals surface area contributed by atoms with Gasteiger partial charge in [0.2, 0.25) is 0 Å². The second-order valence-electron chi connectivity index (χ2n) is 5.04. The maximum atomic E-state index is 6.06. The number of nitrogens with zero attached hydrogens (tertiary/aromatic N) is 2. The van der Waals surface area contributed by atoms with Gasteiger partial charge in [0.1, 0.15) is 0 Å². The first kappa shape index (κ1) is 11.7. The summed E-state index contributed by atoms with van der Waals surface area (Å²) in [5, 5.41) is 4.14. The molecule has 1 saturated heterocycles. The van der Waals surface area contributed by atoms with Gasteiger partial charge in [0.05, 0.1) is 16.8 Å². The van der Waals surface area contributed by atoms with Crippen molar-refractivity contribution < 1.29 is 9.31 Å². The van der Waals surface area contributed by atoms with Crippen LogP contribution in [-0.4, -0.2) is 28.1 Å². The molecule has 16 heavy (non-hydrogen) atoms. The van der Waals surface area contributed by atoms with Gasteiger partial charge < -0.3 is 9.31 Å². The van der Waals surface area contributed by atoms with Crippen molar-refractivity contribution in [2.45, 2.75) is 45.3 Å². The van der Waals surface area contributed by atoms with E-state index in [4.69, 9.17) is 9.31 Å². The first-order valence-electron chi connectivity index (χ1n) is 5.73. The van der Waals surface area contributed by atoms with E-state index in [1.165, 1.54) is 0 Å². The van der Waals surface area contributed by atoms with Gasteiger partial charge in [-0.05, 0) is 33.3 Å². The molecule has 2 heterocycles. The van der Waals surface area contributed by atoms with Crippen LogP contribution >= 0.6 is 0 Å². The predicted octanol–water partition coefficient (Wildman–Crippen LogP) is 1.11. The average Bonchev–Trinajstić information content (AvgIpc) is 2.70. The molecule has 0 saturated carbocycles. The van der Waals surface area contributed by atoms with Gasteiger partial charge >= 0.3 is 7.12 Å². The molecule has 0 aliphatic carbocycles. The van der Waals surface area contributed by atoms with E-state index in [2.05, 4.69) is 32.8 Å². The molecule has 1 aliphatic rings. The van der Waals surface area contributed by atoms with Gasteiger partial charge in [0.25, 0.3) is 0 Å². The molecule has 0 amide bonds. The van der Waals surface area contributed by atoms with Crippen molar-refractivity contribution in [2.24, 2.45) is 7.05 Å². The third kappa shape index (κ3) is 1.58. The van der Waals surface area contributed by atoms with Crippen LogP contribution in [0.4, 0.5) is 0 Å². The molecule has 1 aromatic heterocycles. The maximum Gasteiger partial charge on any atom is 0.514 e. The summed E-state index contributed by atoms with van der Waals surface area (Å²) in [6, 6.07) is 1.93. The molecular weight excluding hydrogens is 203 g/mol. The third-order valence-electron chi connectivity index (χ3n) is 3.82. The van der Waals surface area contributed by atoms with Gasteiger partial charge in [-0.15, -0.1) is 0 Å². The van der Waals surface area contributed by atoms with Crippen molar-refractivity contribution in [3.8, 4) is 0 Å². The first-order chi connectivity index (χ1) is 7.39. The topological polar surface area (TPSA) is 36.3 Å². The molecule has 1 aliphatic heterocycles. The fraction of sp³-hybridized carbons (Fsp3) is 0.727. The van der Waals surface area contributed by atoms with E-state index >= 15 is 0 Å². The molecular formula is C11H19BN2O2. The van der Waals surface area contributed by atoms with Gasteiger partial charge in [-0.2, -0.15) is 5.10 Å². The molecule has 0 aromatic carbocycles. The van der Waals surface area contributed by atoms with Crippen LogP contribution in [0.3, 0.4) is 0 Å². The summed E-state index contributed by atoms with van der Waals surface area (Å²) in [7, 11) is 1.59. The summed E-state index contributed by atoms with van der Waals surface area (Å²) in [6.07, 6.45) is 2.69. The lowest BCUT2D eigenvalue weighted by Crippen LogP contribution is -2.44. The van der Waals surface area contributed by atoms with Crippen LogP contribution in [0.5, 0.6) is 0 Å². The Hall–Kier alpha value is -0.805. The molecule has 2 rings (SSSR count). The SMILES string of the molecule is CCC1(C)OB(c2ccnn2C)OC1(C)C. The lowest BCUT2D eigenvalue weighted by atomic mass is 9.84. The highest BCUT2D eigenvalue weighted by Gasteiger charge is 2.54. The predicted molar refractivity (Wildman–Crippen MR) is 63.5 cm³/mol. The van der Waals surface area contributed by atoms with Gasteiger partial charge in [-0.1, -0.05) is 6.92 Å². The molecule has 0 radical (unpaired) electrons. The molecule has 4 nitrogen and oxygen atoms in total. The second-order valence-corrected chi connectivity index (χ2v) is 5.04. The Morgan fingerprint density at radius 1 is 1.38 bits per heavy atom. The molecule has 88 valence electrons. The van der Waals surface area contributed by atoms with Gasteiger partial charge in [-0.25, -0.2) is 0 Å². The summed E-state index contributed by atoms with van der Waals surface area (Å²) in [4.78, 5) is 0. The van der Waals surface area contributed by atoms with Gasteiger partial charge in [-0.3, -0.25) is 4.68 Å². The number of aromatic nitrogens is 2. The largest absolute Gasteiger partial charge is 0.514 e. The van der Waals surface area contributed by atoms with E-state index < -0.39 is 0 Å². The zero-order valence-corrected chi connectivity index (χ0v) is 10.7. The molecule has 0 bridgehead atoms. The Morgan fingerprint density at radius 3 is 2.50 bits per heavy atom. The van der Waals surface area contributed by atoms with Gasteiger partial charge in [0.15, 0.2) is 0 Å². The van der Waals surface area contributed by atoms with Crippen LogP contribution in [0.2, 0.25) is 0 Å². The molecule has 0 spiro atoms. The minimum atomic E-state index is -0.313. The monoisotopic (exact) mass is 222 g/mol. The zero-order chi connectivity index (χ0) is 12.0. The number of hydrogen-bond acceptors (Lipinski definition) is 3. The van der Waals surface area contributed by atoms with Crippen molar-refractivity contribution >= 4 is 12.7 Å². The lowest BCUT2D eigenvalue weighted by Gasteiger charge is -2.35. The van der Waals surface area contributed by atoms with E-state index in [1.807, 2.05) is 13.1 Å². The van der Waals surface area contributed by atoms with Crippen LogP contribution in [-0.2, 0) is 16.4 Å². The normalized spacial score (nSPS) is 28.7. The zero-order valence-electron chi connectivity index (χ0n) is 10.7. The summed E-state index contributed by atoms with van der Waals surface area (Å²) < 4.78 is 13.8. The van der Waals surface area contributed by atoms with Crippen LogP contribution in [0.1, 0.15) is 34.1 Å². The van der Waals surface area contributed by atoms with E-state index in [9.17, 15) is 0 Å². The fourth-order valence-electron chi connectivity index (χ4n) is 2.04. The van der Waals surface area contributed by atoms with Crippen molar-refractivity contribution in [1.82, 2.24) is 9.78 Å². The average molecular weight is 222 g/mol. The van der Waals surface area contributed by atoms with Crippen LogP contribution in [0.25, 0.3) is 0 Å². The van der Waals surface area contributed by atoms with Crippen LogP contribution in [0, 0.1) is 0 Å². The quantitative estimate of drug-likeness (QED) is 0.703. The highest BCUT2D eigenvalue weighted by molar-refractivity contribution is 6.61. The van der Waals surface area contributed by atoms with Crippen LogP contribution in [0.15, 0.2) is 12.3 Å². The Kier molecular flexibility index (Phi) is 2.63. The Balaban J connectivity index is 2.28. The van der Waals surface area contributed by atoms with Crippen molar-refractivity contribution in [2.75, 3.05) is 0 Å². The lowest BCUT2D eigenvalue weighted by molar-refractivity contribution is -0.0118. The summed E-state index contributed by atoms with van der Waals surface area (Å²) in [6.45, 7) is 8.37. The number of aryl methyl sites for hydroxylation is 1. The van der Waals surface area contributed by atoms with Crippen molar-refractivity contribution in [3.05, 3.63) is 12.3 Å². The second kappa shape index (κ2) is 3.60. The van der Waals surface area contributed by atoms with Crippen LogP contribution < -0.4 is 5.59 Å². The number of hydrogen-bond donors (Lipinski definition) is 0. The van der Waals surface area contributed by atoms with Crippen molar-refractivity contribution in [3.63, 3.8) is 0 Å². The smallest absolute Gasteiger partial charge is 0.398 e.